The van der Waals surface area contributed by atoms with Gasteiger partial charge in [0.1, 0.15) is 0 Å². The number of carbonyl (C=O) groups is 1. The predicted molar refractivity (Wildman–Crippen MR) is 88.7 cm³/mol. The minimum absolute atomic E-state index is 0.520. The predicted octanol–water partition coefficient (Wildman–Crippen LogP) is 5.99. The maximum absolute atomic E-state index is 10.3. The van der Waals surface area contributed by atoms with Gasteiger partial charge in [0, 0.05) is 0 Å². The molecule has 0 aliphatic rings. The molecule has 0 saturated heterocycles. The number of carboxylic acids is 1. The van der Waals surface area contributed by atoms with Crippen molar-refractivity contribution in [3.63, 3.8) is 0 Å². The number of aliphatic hydroxyl groups excluding tert-OH is 1. The maximum Gasteiger partial charge on any atom is 0.370 e. The molecule has 0 spiro atoms. The van der Waals surface area contributed by atoms with Crippen LogP contribution in [0.3, 0.4) is 0 Å². The zero-order chi connectivity index (χ0) is 15.8. The fraction of sp³-hybridized carbons (Fsp3) is 0.833. The number of carboxylic acid groups (broad SMARTS) is 1. The van der Waals surface area contributed by atoms with Gasteiger partial charge in [-0.1, -0.05) is 84.0 Å². The van der Waals surface area contributed by atoms with Crippen molar-refractivity contribution in [3.8, 4) is 0 Å². The van der Waals surface area contributed by atoms with Crippen molar-refractivity contribution in [2.75, 3.05) is 0 Å². The Kier molecular flexibility index (Phi) is 14.7. The Morgan fingerprint density at radius 2 is 1.10 bits per heavy atom. The number of rotatable bonds is 15. The molecule has 21 heavy (non-hydrogen) atoms. The number of hydrogen-bond donors (Lipinski definition) is 2. The van der Waals surface area contributed by atoms with Crippen molar-refractivity contribution in [1.29, 1.82) is 0 Å². The summed E-state index contributed by atoms with van der Waals surface area (Å²) in [6.45, 7) is 2.26. The summed E-state index contributed by atoms with van der Waals surface area (Å²) in [6, 6.07) is 0. The lowest BCUT2D eigenvalue weighted by atomic mass is 10.0. The molecule has 0 bridgehead atoms. The number of aliphatic carboxylic acids is 1. The van der Waals surface area contributed by atoms with Crippen LogP contribution in [0.5, 0.6) is 0 Å². The molecule has 2 N–H and O–H groups in total. The van der Waals surface area contributed by atoms with E-state index in [0.29, 0.717) is 6.42 Å². The molecule has 0 fully saturated rings. The molecular formula is C18H34O3. The zero-order valence-corrected chi connectivity index (χ0v) is 13.8. The van der Waals surface area contributed by atoms with Gasteiger partial charge in [-0.3, -0.25) is 0 Å². The molecule has 124 valence electrons. The summed E-state index contributed by atoms with van der Waals surface area (Å²) in [5, 5.41) is 17.4. The third kappa shape index (κ3) is 15.2. The summed E-state index contributed by atoms with van der Waals surface area (Å²) < 4.78 is 0. The number of aliphatic hydroxyl groups is 1. The van der Waals surface area contributed by atoms with E-state index in [1.54, 1.807) is 0 Å². The summed E-state index contributed by atoms with van der Waals surface area (Å²) in [7, 11) is 0. The van der Waals surface area contributed by atoms with Gasteiger partial charge < -0.3 is 10.2 Å². The van der Waals surface area contributed by atoms with E-state index >= 15 is 0 Å². The van der Waals surface area contributed by atoms with E-state index in [1.807, 2.05) is 0 Å². The third-order valence-corrected chi connectivity index (χ3v) is 3.86. The summed E-state index contributed by atoms with van der Waals surface area (Å²) in [4.78, 5) is 10.3. The second kappa shape index (κ2) is 15.4. The summed E-state index contributed by atoms with van der Waals surface area (Å²) in [5.41, 5.74) is 0. The van der Waals surface area contributed by atoms with Crippen LogP contribution in [0.4, 0.5) is 0 Å². The molecule has 0 aromatic rings. The number of hydrogen-bond acceptors (Lipinski definition) is 2. The largest absolute Gasteiger partial charge is 0.502 e. The Morgan fingerprint density at radius 3 is 1.48 bits per heavy atom. The van der Waals surface area contributed by atoms with Crippen molar-refractivity contribution in [2.24, 2.45) is 0 Å². The van der Waals surface area contributed by atoms with Crippen LogP contribution in [0.25, 0.3) is 0 Å². The third-order valence-electron chi connectivity index (χ3n) is 3.86. The van der Waals surface area contributed by atoms with Gasteiger partial charge in [-0.05, 0) is 18.9 Å². The van der Waals surface area contributed by atoms with Crippen molar-refractivity contribution in [1.82, 2.24) is 0 Å². The summed E-state index contributed by atoms with van der Waals surface area (Å²) >= 11 is 0. The Balaban J connectivity index is 3.12. The topological polar surface area (TPSA) is 57.5 Å². The van der Waals surface area contributed by atoms with Crippen molar-refractivity contribution >= 4 is 5.97 Å². The first kappa shape index (κ1) is 20.0. The van der Waals surface area contributed by atoms with Crippen LogP contribution in [-0.2, 0) is 4.79 Å². The standard InChI is InChI=1S/C18H34O3/c1-2-3-4-5-6-7-8-9-10-11-12-13-14-15-16-17(19)18(20)21/h16,19H,2-15H2,1H3,(H,20,21). The molecule has 0 heterocycles. The molecule has 0 amide bonds. The average molecular weight is 298 g/mol. The van der Waals surface area contributed by atoms with Gasteiger partial charge in [-0.15, -0.1) is 0 Å². The van der Waals surface area contributed by atoms with Gasteiger partial charge in [0.2, 0.25) is 0 Å². The Bertz CT molecular complexity index is 272. The highest BCUT2D eigenvalue weighted by Crippen LogP contribution is 2.13. The van der Waals surface area contributed by atoms with Crippen LogP contribution in [-0.4, -0.2) is 16.2 Å². The first-order chi connectivity index (χ1) is 10.2. The lowest BCUT2D eigenvalue weighted by Crippen LogP contribution is -1.98. The SMILES string of the molecule is CCCCCCCCCCCCCCCC=C(O)C(=O)O. The molecule has 0 rings (SSSR count). The lowest BCUT2D eigenvalue weighted by molar-refractivity contribution is -0.135. The first-order valence-electron chi connectivity index (χ1n) is 8.81. The Labute approximate surface area is 130 Å². The fourth-order valence-corrected chi connectivity index (χ4v) is 2.49. The molecule has 0 aliphatic carbocycles. The monoisotopic (exact) mass is 298 g/mol. The lowest BCUT2D eigenvalue weighted by Gasteiger charge is -2.02. The molecule has 0 radical (unpaired) electrons. The smallest absolute Gasteiger partial charge is 0.370 e. The van der Waals surface area contributed by atoms with Crippen LogP contribution in [0.2, 0.25) is 0 Å². The zero-order valence-electron chi connectivity index (χ0n) is 13.8. The summed E-state index contributed by atoms with van der Waals surface area (Å²) in [6.07, 6.45) is 19.0. The van der Waals surface area contributed by atoms with E-state index < -0.39 is 11.7 Å². The van der Waals surface area contributed by atoms with E-state index in [2.05, 4.69) is 6.92 Å². The summed E-state index contributed by atoms with van der Waals surface area (Å²) in [5.74, 6) is -1.75. The molecule has 3 heteroatoms. The van der Waals surface area contributed by atoms with E-state index in [1.165, 1.54) is 76.7 Å². The molecule has 0 unspecified atom stereocenters. The molecule has 3 nitrogen and oxygen atoms in total. The van der Waals surface area contributed by atoms with Gasteiger partial charge in [-0.2, -0.15) is 0 Å². The van der Waals surface area contributed by atoms with Gasteiger partial charge in [0.15, 0.2) is 5.76 Å². The highest BCUT2D eigenvalue weighted by atomic mass is 16.4. The van der Waals surface area contributed by atoms with Gasteiger partial charge >= 0.3 is 5.97 Å². The van der Waals surface area contributed by atoms with Crippen LogP contribution in [0.1, 0.15) is 96.8 Å². The molecule has 0 aromatic carbocycles. The second-order valence-electron chi connectivity index (χ2n) is 5.93. The van der Waals surface area contributed by atoms with E-state index in [9.17, 15) is 4.79 Å². The van der Waals surface area contributed by atoms with Crippen LogP contribution >= 0.6 is 0 Å². The molecule has 0 atom stereocenters. The van der Waals surface area contributed by atoms with Gasteiger partial charge in [0.25, 0.3) is 0 Å². The molecular weight excluding hydrogens is 264 g/mol. The van der Waals surface area contributed by atoms with Crippen molar-refractivity contribution < 1.29 is 15.0 Å². The number of unbranched alkanes of at least 4 members (excludes halogenated alkanes) is 13. The highest BCUT2D eigenvalue weighted by Gasteiger charge is 2.01. The van der Waals surface area contributed by atoms with Crippen molar-refractivity contribution in [3.05, 3.63) is 11.8 Å². The quantitative estimate of drug-likeness (QED) is 0.222. The second-order valence-corrected chi connectivity index (χ2v) is 5.93. The maximum atomic E-state index is 10.3. The first-order valence-corrected chi connectivity index (χ1v) is 8.81. The highest BCUT2D eigenvalue weighted by molar-refractivity contribution is 5.83. The van der Waals surface area contributed by atoms with Gasteiger partial charge in [-0.25, -0.2) is 4.79 Å². The Hall–Kier alpha value is -0.990. The van der Waals surface area contributed by atoms with Crippen LogP contribution < -0.4 is 0 Å². The van der Waals surface area contributed by atoms with Gasteiger partial charge in [0.05, 0.1) is 0 Å². The van der Waals surface area contributed by atoms with Crippen LogP contribution in [0.15, 0.2) is 11.8 Å². The van der Waals surface area contributed by atoms with Crippen molar-refractivity contribution in [2.45, 2.75) is 96.8 Å². The van der Waals surface area contributed by atoms with Crippen LogP contribution in [0, 0.1) is 0 Å². The van der Waals surface area contributed by atoms with E-state index in [4.69, 9.17) is 10.2 Å². The van der Waals surface area contributed by atoms with E-state index in [0.717, 1.165) is 12.8 Å². The normalized spacial score (nSPS) is 11.8. The molecule has 0 aliphatic heterocycles. The fourth-order valence-electron chi connectivity index (χ4n) is 2.49. The minimum atomic E-state index is -1.23. The Morgan fingerprint density at radius 1 is 0.714 bits per heavy atom. The molecule has 0 aromatic heterocycles. The van der Waals surface area contributed by atoms with E-state index in [-0.39, 0.29) is 0 Å². The average Bonchev–Trinajstić information content (AvgIpc) is 2.47. The minimum Gasteiger partial charge on any atom is -0.502 e. The molecule has 0 saturated carbocycles. The number of allylic oxidation sites excluding steroid dienone is 1.